The minimum atomic E-state index is -0.0982. The summed E-state index contributed by atoms with van der Waals surface area (Å²) in [6.45, 7) is 7.04. The van der Waals surface area contributed by atoms with E-state index >= 15 is 0 Å². The maximum Gasteiger partial charge on any atom is 0.155 e. The molecule has 0 heterocycles. The average Bonchev–Trinajstić information content (AvgIpc) is 3.42. The monoisotopic (exact) mass is 351 g/mol. The summed E-state index contributed by atoms with van der Waals surface area (Å²) < 4.78 is 0. The maximum absolute atomic E-state index is 12.0. The number of carbonyl (C=O) groups excluding carboxylic acids is 1. The molecule has 9 atom stereocenters. The lowest BCUT2D eigenvalue weighted by atomic mass is 9.44. The van der Waals surface area contributed by atoms with Crippen molar-refractivity contribution in [3.63, 3.8) is 0 Å². The second-order valence-electron chi connectivity index (χ2n) is 10.3. The number of allylic oxidation sites excluding steroid dienone is 1. The highest BCUT2D eigenvalue weighted by Crippen LogP contribution is 2.80. The molecule has 26 heavy (non-hydrogen) atoms. The lowest BCUT2D eigenvalue weighted by molar-refractivity contribution is -0.117. The Balaban J connectivity index is 1.58. The van der Waals surface area contributed by atoms with Gasteiger partial charge in [0.25, 0.3) is 0 Å². The fourth-order valence-corrected chi connectivity index (χ4v) is 8.87. The van der Waals surface area contributed by atoms with E-state index in [1.165, 1.54) is 37.7 Å². The van der Waals surface area contributed by atoms with E-state index in [0.717, 1.165) is 48.9 Å². The van der Waals surface area contributed by atoms with Crippen molar-refractivity contribution >= 4 is 5.78 Å². The van der Waals surface area contributed by atoms with Crippen molar-refractivity contribution in [3.8, 4) is 6.07 Å². The van der Waals surface area contributed by atoms with Gasteiger partial charge in [0.15, 0.2) is 5.78 Å². The first-order valence-electron chi connectivity index (χ1n) is 11.1. The molecule has 0 unspecified atom stereocenters. The topological polar surface area (TPSA) is 40.9 Å². The highest BCUT2D eigenvalue weighted by molar-refractivity contribution is 5.91. The minimum absolute atomic E-state index is 0.0982. The summed E-state index contributed by atoms with van der Waals surface area (Å²) in [7, 11) is 0. The maximum atomic E-state index is 12.0. The van der Waals surface area contributed by atoms with Gasteiger partial charge in [-0.2, -0.15) is 5.26 Å². The second kappa shape index (κ2) is 5.46. The van der Waals surface area contributed by atoms with E-state index in [1.807, 2.05) is 6.08 Å². The summed E-state index contributed by atoms with van der Waals surface area (Å²) in [5, 5.41) is 10.2. The van der Waals surface area contributed by atoms with Crippen LogP contribution in [0.2, 0.25) is 0 Å². The molecule has 0 aliphatic heterocycles. The van der Waals surface area contributed by atoms with Crippen LogP contribution in [-0.2, 0) is 4.79 Å². The van der Waals surface area contributed by atoms with Crippen LogP contribution in [0.5, 0.6) is 0 Å². The Morgan fingerprint density at radius 3 is 2.77 bits per heavy atom. The lowest BCUT2D eigenvalue weighted by Crippen LogP contribution is -2.54. The van der Waals surface area contributed by atoms with E-state index in [9.17, 15) is 10.1 Å². The number of nitrogens with zero attached hydrogens (tertiary/aromatic N) is 1. The van der Waals surface area contributed by atoms with E-state index in [4.69, 9.17) is 0 Å². The molecule has 140 valence electrons. The molecule has 0 amide bonds. The van der Waals surface area contributed by atoms with Crippen molar-refractivity contribution < 1.29 is 4.79 Å². The highest BCUT2D eigenvalue weighted by Gasteiger charge is 2.76. The zero-order valence-electron chi connectivity index (χ0n) is 16.6. The molecule has 0 aromatic heterocycles. The molecule has 5 aliphatic carbocycles. The number of ketones is 1. The summed E-state index contributed by atoms with van der Waals surface area (Å²) >= 11 is 0. The smallest absolute Gasteiger partial charge is 0.155 e. The summed E-state index contributed by atoms with van der Waals surface area (Å²) in [6, 6.07) is 2.86. The normalized spacial score (nSPS) is 54.3. The van der Waals surface area contributed by atoms with Gasteiger partial charge in [-0.05, 0) is 98.4 Å². The Morgan fingerprint density at radius 2 is 2.08 bits per heavy atom. The Morgan fingerprint density at radius 1 is 1.27 bits per heavy atom. The van der Waals surface area contributed by atoms with Gasteiger partial charge in [-0.15, -0.1) is 0 Å². The van der Waals surface area contributed by atoms with Crippen molar-refractivity contribution in [2.45, 2.75) is 72.1 Å². The number of nitriles is 1. The summed E-state index contributed by atoms with van der Waals surface area (Å²) in [4.78, 5) is 12.0. The van der Waals surface area contributed by atoms with E-state index in [0.29, 0.717) is 17.6 Å². The van der Waals surface area contributed by atoms with Gasteiger partial charge in [-0.25, -0.2) is 0 Å². The Hall–Kier alpha value is -1.10. The van der Waals surface area contributed by atoms with Gasteiger partial charge < -0.3 is 0 Å². The molecule has 2 nitrogen and oxygen atoms in total. The van der Waals surface area contributed by atoms with Crippen LogP contribution in [0.4, 0.5) is 0 Å². The highest BCUT2D eigenvalue weighted by atomic mass is 16.1. The van der Waals surface area contributed by atoms with Crippen LogP contribution in [0.25, 0.3) is 0 Å². The van der Waals surface area contributed by atoms with Crippen LogP contribution in [-0.4, -0.2) is 5.78 Å². The van der Waals surface area contributed by atoms with Crippen molar-refractivity contribution in [2.75, 3.05) is 0 Å². The van der Waals surface area contributed by atoms with Gasteiger partial charge in [-0.1, -0.05) is 25.8 Å². The van der Waals surface area contributed by atoms with Crippen LogP contribution < -0.4 is 0 Å². The van der Waals surface area contributed by atoms with Crippen LogP contribution in [0.1, 0.15) is 72.1 Å². The summed E-state index contributed by atoms with van der Waals surface area (Å²) in [5.74, 6) is 5.59. The Bertz CT molecular complexity index is 716. The Labute approximate surface area is 158 Å². The lowest BCUT2D eigenvalue weighted by Gasteiger charge is -2.59. The van der Waals surface area contributed by atoms with Gasteiger partial charge in [-0.3, -0.25) is 4.79 Å². The molecule has 2 heteroatoms. The standard InChI is InChI=1S/C24H33NO/c1-4-14-10-15-11-16(26)6-7-17(15)18-8-9-24(5-2)22(21(14)18)19-12-20(19)23(24,3)13-25/h11,14,17-22H,4-10,12H2,1-3H3/t14-,17-,18+,19+,20-,21+,22-,23-,24-/m0/s1. The zero-order chi connectivity index (χ0) is 18.3. The first-order valence-corrected chi connectivity index (χ1v) is 11.1. The summed E-state index contributed by atoms with van der Waals surface area (Å²) in [5.41, 5.74) is 1.65. The molecule has 0 aromatic rings. The quantitative estimate of drug-likeness (QED) is 0.655. The molecule has 0 saturated heterocycles. The van der Waals surface area contributed by atoms with Crippen molar-refractivity contribution in [2.24, 2.45) is 52.3 Å². The van der Waals surface area contributed by atoms with Crippen LogP contribution in [0, 0.1) is 63.6 Å². The van der Waals surface area contributed by atoms with Crippen LogP contribution in [0.3, 0.4) is 0 Å². The van der Waals surface area contributed by atoms with Gasteiger partial charge in [0.1, 0.15) is 0 Å². The van der Waals surface area contributed by atoms with Gasteiger partial charge in [0, 0.05) is 6.42 Å². The van der Waals surface area contributed by atoms with E-state index < -0.39 is 0 Å². The van der Waals surface area contributed by atoms with Crippen molar-refractivity contribution in [3.05, 3.63) is 11.6 Å². The molecular formula is C24H33NO. The minimum Gasteiger partial charge on any atom is -0.295 e. The number of carbonyl (C=O) groups is 1. The average molecular weight is 352 g/mol. The molecular weight excluding hydrogens is 318 g/mol. The number of hydrogen-bond acceptors (Lipinski definition) is 2. The third-order valence-corrected chi connectivity index (χ3v) is 10.0. The summed E-state index contributed by atoms with van der Waals surface area (Å²) in [6.07, 6.45) is 11.3. The van der Waals surface area contributed by atoms with Crippen LogP contribution >= 0.6 is 0 Å². The third kappa shape index (κ3) is 1.86. The number of hydrogen-bond donors (Lipinski definition) is 0. The molecule has 0 bridgehead atoms. The molecule has 0 N–H and O–H groups in total. The molecule has 0 spiro atoms. The van der Waals surface area contributed by atoms with Gasteiger partial charge in [0.05, 0.1) is 11.5 Å². The van der Waals surface area contributed by atoms with E-state index in [1.54, 1.807) is 0 Å². The number of rotatable bonds is 2. The molecule has 4 fully saturated rings. The second-order valence-corrected chi connectivity index (χ2v) is 10.3. The molecule has 5 aliphatic rings. The largest absolute Gasteiger partial charge is 0.295 e. The van der Waals surface area contributed by atoms with Gasteiger partial charge >= 0.3 is 0 Å². The van der Waals surface area contributed by atoms with Crippen molar-refractivity contribution in [1.29, 1.82) is 5.26 Å². The van der Waals surface area contributed by atoms with Gasteiger partial charge in [0.2, 0.25) is 0 Å². The first-order chi connectivity index (χ1) is 12.5. The van der Waals surface area contributed by atoms with E-state index in [2.05, 4.69) is 26.8 Å². The number of fused-ring (bicyclic) bond motifs is 7. The Kier molecular flexibility index (Phi) is 3.58. The van der Waals surface area contributed by atoms with Crippen molar-refractivity contribution in [1.82, 2.24) is 0 Å². The van der Waals surface area contributed by atoms with Crippen LogP contribution in [0.15, 0.2) is 11.6 Å². The fraction of sp³-hybridized carbons (Fsp3) is 0.833. The third-order valence-electron chi connectivity index (χ3n) is 10.0. The van der Waals surface area contributed by atoms with E-state index in [-0.39, 0.29) is 10.8 Å². The molecule has 4 saturated carbocycles. The predicted molar refractivity (Wildman–Crippen MR) is 102 cm³/mol. The first kappa shape index (κ1) is 17.0. The fourth-order valence-electron chi connectivity index (χ4n) is 8.87. The SMILES string of the molecule is CC[C@H]1CC2=CC(=O)CC[C@@H]2[C@H]2CC[C@@]3(CC)[C@@H]([C@@H]4C[C@@H]4[C@]3(C)C#N)[C@H]12. The molecule has 5 rings (SSSR count). The predicted octanol–water partition coefficient (Wildman–Crippen LogP) is 5.54. The molecule has 0 aromatic carbocycles. The molecule has 0 radical (unpaired) electrons. The zero-order valence-corrected chi connectivity index (χ0v) is 16.6.